The number of hydrogen-bond donors (Lipinski definition) is 0. The fraction of sp³-hybridized carbons (Fsp3) is 0.111. The van der Waals surface area contributed by atoms with Crippen LogP contribution in [-0.4, -0.2) is 0 Å². The van der Waals surface area contributed by atoms with Crippen LogP contribution in [0.25, 0.3) is 0 Å². The van der Waals surface area contributed by atoms with Gasteiger partial charge in [0.1, 0.15) is 0 Å². The van der Waals surface area contributed by atoms with Crippen LogP contribution in [0, 0.1) is 21.0 Å². The Labute approximate surface area is 183 Å². The zero-order valence-corrected chi connectivity index (χ0v) is 18.9. The van der Waals surface area contributed by atoms with Gasteiger partial charge in [-0.15, -0.1) is 0 Å². The molecule has 0 amide bonds. The zero-order chi connectivity index (χ0) is 20.1. The van der Waals surface area contributed by atoms with Crippen LogP contribution < -0.4 is 25.9 Å². The van der Waals surface area contributed by atoms with Gasteiger partial charge in [0.25, 0.3) is 0 Å². The molecule has 0 saturated carbocycles. The molecule has 0 fully saturated rings. The maximum absolute atomic E-state index is 5.93. The van der Waals surface area contributed by atoms with Crippen LogP contribution in [0.15, 0.2) is 97.1 Å². The van der Waals surface area contributed by atoms with Gasteiger partial charge >= 0.3 is 184 Å². The molecule has 0 aromatic heterocycles. The van der Waals surface area contributed by atoms with E-state index in [1.54, 1.807) is 0 Å². The molecule has 4 aromatic carbocycles. The van der Waals surface area contributed by atoms with Crippen molar-refractivity contribution in [3.63, 3.8) is 0 Å². The second kappa shape index (κ2) is 9.27. The van der Waals surface area contributed by atoms with Crippen molar-refractivity contribution in [1.82, 2.24) is 0 Å². The molecule has 29 heavy (non-hydrogen) atoms. The number of halogens is 1. The quantitative estimate of drug-likeness (QED) is 0.373. The van der Waals surface area contributed by atoms with Gasteiger partial charge in [0.2, 0.25) is 0 Å². The number of hydrogen-bond acceptors (Lipinski definition) is 1. The summed E-state index contributed by atoms with van der Waals surface area (Å²) in [6.45, 7) is 4.21. The first-order chi connectivity index (χ1) is 14.1. The Bertz CT molecular complexity index is 959. The van der Waals surface area contributed by atoms with Gasteiger partial charge in [-0.25, -0.2) is 0 Å². The monoisotopic (exact) mass is 491 g/mol. The predicted molar refractivity (Wildman–Crippen MR) is 116 cm³/mol. The van der Waals surface area contributed by atoms with Crippen molar-refractivity contribution in [3.8, 4) is 11.5 Å². The Morgan fingerprint density at radius 3 is 1.41 bits per heavy atom. The predicted octanol–water partition coefficient (Wildman–Crippen LogP) is 3.81. The van der Waals surface area contributed by atoms with Crippen LogP contribution in [-0.2, 0) is 6.42 Å². The molecule has 0 aliphatic rings. The minimum absolute atomic E-state index is 0.182. The number of rotatable bonds is 6. The molecule has 0 aliphatic heterocycles. The molecule has 4 rings (SSSR count). The fourth-order valence-corrected chi connectivity index (χ4v) is 5.20. The van der Waals surface area contributed by atoms with Gasteiger partial charge in [-0.2, -0.15) is 0 Å². The first-order valence-corrected chi connectivity index (χ1v) is 11.9. The van der Waals surface area contributed by atoms with Crippen molar-refractivity contribution in [2.75, 3.05) is 0 Å². The first kappa shape index (κ1) is 19.7. The van der Waals surface area contributed by atoms with E-state index in [1.165, 1.54) is 29.4 Å². The van der Waals surface area contributed by atoms with E-state index in [-0.39, 0.29) is 21.2 Å². The van der Waals surface area contributed by atoms with Gasteiger partial charge in [0.05, 0.1) is 0 Å². The van der Waals surface area contributed by atoms with E-state index in [4.69, 9.17) is 4.74 Å². The molecule has 4 aromatic rings. The van der Waals surface area contributed by atoms with Crippen LogP contribution in [0.3, 0.4) is 0 Å². The van der Waals surface area contributed by atoms with E-state index in [0.29, 0.717) is 0 Å². The summed E-state index contributed by atoms with van der Waals surface area (Å²) in [5.41, 5.74) is 5.28. The molecule has 0 radical (unpaired) electrons. The number of aryl methyl sites for hydroxylation is 2. The van der Waals surface area contributed by atoms with E-state index in [9.17, 15) is 0 Å². The van der Waals surface area contributed by atoms with Gasteiger partial charge in [0.15, 0.2) is 0 Å². The normalized spacial score (nSPS) is 10.8. The molecular weight excluding hydrogens is 467 g/mol. The number of ether oxygens (including phenoxy) is 1. The summed E-state index contributed by atoms with van der Waals surface area (Å²) in [5.74, 6) is 1.76. The van der Waals surface area contributed by atoms with E-state index >= 15 is 0 Å². The Morgan fingerprint density at radius 1 is 0.517 bits per heavy atom. The molecule has 0 spiro atoms. The summed E-state index contributed by atoms with van der Waals surface area (Å²) in [5, 5.41) is 0. The Morgan fingerprint density at radius 2 is 0.897 bits per heavy atom. The molecule has 0 atom stereocenters. The summed E-state index contributed by atoms with van der Waals surface area (Å²) in [7, 11) is 0. The molecule has 0 N–H and O–H groups in total. The molecule has 0 aliphatic carbocycles. The number of benzene rings is 4. The second-order valence-electron chi connectivity index (χ2n) is 7.25. The van der Waals surface area contributed by atoms with Crippen molar-refractivity contribution in [3.05, 3.63) is 126 Å². The molecule has 0 saturated heterocycles. The molecule has 0 heterocycles. The molecule has 146 valence electrons. The first-order valence-electron chi connectivity index (χ1n) is 9.78. The van der Waals surface area contributed by atoms with E-state index in [2.05, 4.69) is 98.8 Å². The van der Waals surface area contributed by atoms with Crippen LogP contribution >= 0.6 is 0 Å². The summed E-state index contributed by atoms with van der Waals surface area (Å²) in [6.07, 6.45) is 0.990. The molecule has 0 unspecified atom stereocenters. The topological polar surface area (TPSA) is 9.23 Å². The van der Waals surface area contributed by atoms with E-state index in [1.807, 2.05) is 12.1 Å². The van der Waals surface area contributed by atoms with Crippen molar-refractivity contribution < 1.29 is 25.9 Å². The maximum atomic E-state index is 5.93. The van der Waals surface area contributed by atoms with Gasteiger partial charge < -0.3 is 0 Å². The summed E-state index contributed by atoms with van der Waals surface area (Å²) in [6, 6.07) is 34.6. The van der Waals surface area contributed by atoms with Gasteiger partial charge in [0, 0.05) is 0 Å². The third-order valence-electron chi connectivity index (χ3n) is 4.73. The van der Waals surface area contributed by atoms with E-state index in [0.717, 1.165) is 17.9 Å². The van der Waals surface area contributed by atoms with Crippen molar-refractivity contribution in [2.45, 2.75) is 20.3 Å². The molecule has 2 heteroatoms. The Kier molecular flexibility index (Phi) is 6.30. The standard InChI is InChI=1S/C27H24IO/c1-20-3-7-22(8-4-20)19-23-9-11-24(12-10-23)28-25-13-17-27(18-14-25)29-26-15-5-21(2)6-16-26/h3-18H,19H2,1-2H3/q-1. The summed E-state index contributed by atoms with van der Waals surface area (Å²) in [4.78, 5) is 0. The Balaban J connectivity index is 1.36. The zero-order valence-electron chi connectivity index (χ0n) is 16.7. The molecule has 1 nitrogen and oxygen atoms in total. The van der Waals surface area contributed by atoms with Crippen LogP contribution in [0.5, 0.6) is 11.5 Å². The Hall–Kier alpha value is -2.59. The van der Waals surface area contributed by atoms with Crippen molar-refractivity contribution in [2.24, 2.45) is 0 Å². The van der Waals surface area contributed by atoms with Gasteiger partial charge in [-0.1, -0.05) is 0 Å². The van der Waals surface area contributed by atoms with Crippen molar-refractivity contribution in [1.29, 1.82) is 0 Å². The van der Waals surface area contributed by atoms with Gasteiger partial charge in [-0.05, 0) is 0 Å². The minimum atomic E-state index is -0.182. The third-order valence-corrected chi connectivity index (χ3v) is 7.41. The van der Waals surface area contributed by atoms with Crippen LogP contribution in [0.4, 0.5) is 0 Å². The van der Waals surface area contributed by atoms with Crippen LogP contribution in [0.2, 0.25) is 0 Å². The summed E-state index contributed by atoms with van der Waals surface area (Å²) >= 11 is -0.182. The average molecular weight is 491 g/mol. The van der Waals surface area contributed by atoms with Crippen LogP contribution in [0.1, 0.15) is 22.3 Å². The van der Waals surface area contributed by atoms with Gasteiger partial charge in [-0.3, -0.25) is 0 Å². The SMILES string of the molecule is Cc1ccc(Cc2ccc([I-]c3ccc(Oc4ccc(C)cc4)cc3)cc2)cc1. The summed E-state index contributed by atoms with van der Waals surface area (Å²) < 4.78 is 8.76. The second-order valence-corrected chi connectivity index (χ2v) is 10.3. The fourth-order valence-electron chi connectivity index (χ4n) is 3.04. The van der Waals surface area contributed by atoms with Crippen molar-refractivity contribution >= 4 is 0 Å². The third kappa shape index (κ3) is 5.70. The average Bonchev–Trinajstić information content (AvgIpc) is 2.74. The van der Waals surface area contributed by atoms with E-state index < -0.39 is 0 Å². The molecular formula is C27H24IO-. The molecule has 0 bridgehead atoms.